The third-order valence-corrected chi connectivity index (χ3v) is 4.88. The predicted octanol–water partition coefficient (Wildman–Crippen LogP) is 4.92. The average Bonchev–Trinajstić information content (AvgIpc) is 2.39. The van der Waals surface area contributed by atoms with Crippen LogP contribution in [-0.2, 0) is 0 Å². The van der Waals surface area contributed by atoms with Crippen molar-refractivity contribution < 1.29 is 5.11 Å². The van der Waals surface area contributed by atoms with Crippen LogP contribution in [0.4, 0.5) is 0 Å². The minimum atomic E-state index is 0.0176. The molecule has 0 aliphatic heterocycles. The van der Waals surface area contributed by atoms with Crippen molar-refractivity contribution >= 4 is 0 Å². The second kappa shape index (κ2) is 7.41. The van der Waals surface area contributed by atoms with E-state index in [1.165, 1.54) is 51.4 Å². The van der Waals surface area contributed by atoms with Gasteiger partial charge in [-0.3, -0.25) is 0 Å². The predicted molar refractivity (Wildman–Crippen MR) is 75.1 cm³/mol. The minimum absolute atomic E-state index is 0.0176. The van der Waals surface area contributed by atoms with Gasteiger partial charge in [0.1, 0.15) is 0 Å². The molecule has 2 aliphatic rings. The standard InChI is InChI=1S/C14H26O.C2H6/c1-2-3-12-4-8-14(9-5-12)10-6-13(15)7-11-14;1-2/h12-13,15H,2-11H2,1H3;1-2H3. The first kappa shape index (κ1) is 15.0. The van der Waals surface area contributed by atoms with E-state index in [1.807, 2.05) is 13.8 Å². The van der Waals surface area contributed by atoms with Gasteiger partial charge in [0.05, 0.1) is 6.10 Å². The summed E-state index contributed by atoms with van der Waals surface area (Å²) in [6, 6.07) is 0. The Hall–Kier alpha value is -0.0400. The van der Waals surface area contributed by atoms with E-state index in [0.29, 0.717) is 5.41 Å². The molecule has 0 atom stereocenters. The van der Waals surface area contributed by atoms with Gasteiger partial charge in [-0.15, -0.1) is 0 Å². The highest BCUT2D eigenvalue weighted by Crippen LogP contribution is 2.49. The summed E-state index contributed by atoms with van der Waals surface area (Å²) >= 11 is 0. The van der Waals surface area contributed by atoms with Crippen molar-refractivity contribution in [1.82, 2.24) is 0 Å². The minimum Gasteiger partial charge on any atom is -0.393 e. The molecule has 1 N–H and O–H groups in total. The maximum Gasteiger partial charge on any atom is 0.0540 e. The summed E-state index contributed by atoms with van der Waals surface area (Å²) in [7, 11) is 0. The third kappa shape index (κ3) is 4.28. The lowest BCUT2D eigenvalue weighted by Gasteiger charge is -2.44. The molecule has 17 heavy (non-hydrogen) atoms. The van der Waals surface area contributed by atoms with Gasteiger partial charge < -0.3 is 5.11 Å². The average molecular weight is 240 g/mol. The Morgan fingerprint density at radius 3 is 1.88 bits per heavy atom. The van der Waals surface area contributed by atoms with Gasteiger partial charge in [0, 0.05) is 0 Å². The largest absolute Gasteiger partial charge is 0.393 e. The third-order valence-electron chi connectivity index (χ3n) is 4.88. The Kier molecular flexibility index (Phi) is 6.54. The molecule has 0 unspecified atom stereocenters. The number of rotatable bonds is 2. The lowest BCUT2D eigenvalue weighted by molar-refractivity contribution is 0.0282. The summed E-state index contributed by atoms with van der Waals surface area (Å²) in [6.07, 6.45) is 13.4. The lowest BCUT2D eigenvalue weighted by atomic mass is 9.62. The van der Waals surface area contributed by atoms with Crippen LogP contribution in [-0.4, -0.2) is 11.2 Å². The van der Waals surface area contributed by atoms with E-state index in [2.05, 4.69) is 6.92 Å². The van der Waals surface area contributed by atoms with Crippen molar-refractivity contribution in [3.63, 3.8) is 0 Å². The number of hydrogen-bond acceptors (Lipinski definition) is 1. The number of hydrogen-bond donors (Lipinski definition) is 1. The van der Waals surface area contributed by atoms with Gasteiger partial charge in [-0.1, -0.05) is 33.6 Å². The van der Waals surface area contributed by atoms with Crippen LogP contribution in [0.1, 0.15) is 85.0 Å². The highest BCUT2D eigenvalue weighted by Gasteiger charge is 2.37. The molecule has 0 saturated heterocycles. The molecule has 2 aliphatic carbocycles. The zero-order valence-corrected chi connectivity index (χ0v) is 12.2. The first-order chi connectivity index (χ1) is 8.24. The van der Waals surface area contributed by atoms with Crippen LogP contribution in [0.25, 0.3) is 0 Å². The van der Waals surface area contributed by atoms with Gasteiger partial charge in [-0.25, -0.2) is 0 Å². The van der Waals surface area contributed by atoms with E-state index >= 15 is 0 Å². The molecule has 0 radical (unpaired) electrons. The lowest BCUT2D eigenvalue weighted by Crippen LogP contribution is -2.33. The molecule has 2 rings (SSSR count). The van der Waals surface area contributed by atoms with E-state index in [-0.39, 0.29) is 6.10 Å². The van der Waals surface area contributed by atoms with Gasteiger partial charge in [0.15, 0.2) is 0 Å². The van der Waals surface area contributed by atoms with Gasteiger partial charge >= 0.3 is 0 Å². The van der Waals surface area contributed by atoms with Gasteiger partial charge in [-0.2, -0.15) is 0 Å². The quantitative estimate of drug-likeness (QED) is 0.726. The highest BCUT2D eigenvalue weighted by atomic mass is 16.3. The van der Waals surface area contributed by atoms with E-state index in [4.69, 9.17) is 0 Å². The molecule has 2 saturated carbocycles. The van der Waals surface area contributed by atoms with E-state index < -0.39 is 0 Å². The molecule has 0 bridgehead atoms. The molecule has 1 heteroatoms. The van der Waals surface area contributed by atoms with E-state index in [1.54, 1.807) is 0 Å². The second-order valence-electron chi connectivity index (χ2n) is 5.96. The molecular formula is C16H32O. The van der Waals surface area contributed by atoms with Crippen molar-refractivity contribution in [1.29, 1.82) is 0 Å². The van der Waals surface area contributed by atoms with Crippen LogP contribution in [0.2, 0.25) is 0 Å². The van der Waals surface area contributed by atoms with Gasteiger partial charge in [0.25, 0.3) is 0 Å². The summed E-state index contributed by atoms with van der Waals surface area (Å²) in [6.45, 7) is 6.31. The summed E-state index contributed by atoms with van der Waals surface area (Å²) in [5.41, 5.74) is 0.656. The SMILES string of the molecule is CC.CCCC1CCC2(CCC(O)CC2)CC1. The Morgan fingerprint density at radius 1 is 0.941 bits per heavy atom. The molecule has 102 valence electrons. The zero-order valence-electron chi connectivity index (χ0n) is 12.2. The van der Waals surface area contributed by atoms with Crippen LogP contribution in [0.5, 0.6) is 0 Å². The monoisotopic (exact) mass is 240 g/mol. The first-order valence-electron chi connectivity index (χ1n) is 7.92. The molecule has 0 heterocycles. The fraction of sp³-hybridized carbons (Fsp3) is 1.00. The van der Waals surface area contributed by atoms with E-state index in [0.717, 1.165) is 18.8 Å². The maximum absolute atomic E-state index is 9.56. The summed E-state index contributed by atoms with van der Waals surface area (Å²) < 4.78 is 0. The zero-order chi connectivity index (χ0) is 12.7. The molecule has 0 aromatic carbocycles. The first-order valence-corrected chi connectivity index (χ1v) is 7.92. The van der Waals surface area contributed by atoms with Crippen LogP contribution >= 0.6 is 0 Å². The van der Waals surface area contributed by atoms with Crippen molar-refractivity contribution in [3.05, 3.63) is 0 Å². The molecule has 0 amide bonds. The smallest absolute Gasteiger partial charge is 0.0540 e. The van der Waals surface area contributed by atoms with Crippen LogP contribution < -0.4 is 0 Å². The topological polar surface area (TPSA) is 20.2 Å². The number of aliphatic hydroxyl groups excluding tert-OH is 1. The Bertz CT molecular complexity index is 182. The molecule has 2 fully saturated rings. The molecule has 1 spiro atoms. The molecular weight excluding hydrogens is 208 g/mol. The molecule has 1 nitrogen and oxygen atoms in total. The normalized spacial score (nSPS) is 37.4. The Morgan fingerprint density at radius 2 is 1.41 bits per heavy atom. The summed E-state index contributed by atoms with van der Waals surface area (Å²) in [4.78, 5) is 0. The Balaban J connectivity index is 0.000000686. The van der Waals surface area contributed by atoms with Crippen molar-refractivity contribution in [2.24, 2.45) is 11.3 Å². The Labute approximate surface area is 108 Å². The van der Waals surface area contributed by atoms with E-state index in [9.17, 15) is 5.11 Å². The van der Waals surface area contributed by atoms with Crippen LogP contribution in [0, 0.1) is 11.3 Å². The van der Waals surface area contributed by atoms with Crippen LogP contribution in [0.3, 0.4) is 0 Å². The fourth-order valence-electron chi connectivity index (χ4n) is 3.70. The van der Waals surface area contributed by atoms with Crippen molar-refractivity contribution in [3.8, 4) is 0 Å². The van der Waals surface area contributed by atoms with Gasteiger partial charge in [0.2, 0.25) is 0 Å². The summed E-state index contributed by atoms with van der Waals surface area (Å²) in [5.74, 6) is 1.02. The van der Waals surface area contributed by atoms with Crippen molar-refractivity contribution in [2.45, 2.75) is 91.1 Å². The molecule has 0 aromatic rings. The maximum atomic E-state index is 9.56. The fourth-order valence-corrected chi connectivity index (χ4v) is 3.70. The second-order valence-corrected chi connectivity index (χ2v) is 5.96. The van der Waals surface area contributed by atoms with Crippen molar-refractivity contribution in [2.75, 3.05) is 0 Å². The highest BCUT2D eigenvalue weighted by molar-refractivity contribution is 4.89. The molecule has 0 aromatic heterocycles. The van der Waals surface area contributed by atoms with Crippen LogP contribution in [0.15, 0.2) is 0 Å². The number of aliphatic hydroxyl groups is 1. The summed E-state index contributed by atoms with van der Waals surface area (Å²) in [5, 5.41) is 9.56. The van der Waals surface area contributed by atoms with Gasteiger partial charge in [-0.05, 0) is 62.7 Å².